The van der Waals surface area contributed by atoms with Gasteiger partial charge in [-0.1, -0.05) is 30.7 Å². The van der Waals surface area contributed by atoms with Crippen LogP contribution < -0.4 is 5.73 Å². The quantitative estimate of drug-likeness (QED) is 0.899. The Hall–Kier alpha value is -0.900. The molecular weight excluding hydrogens is 324 g/mol. The summed E-state index contributed by atoms with van der Waals surface area (Å²) in [7, 11) is 0. The van der Waals surface area contributed by atoms with Crippen molar-refractivity contribution in [2.24, 2.45) is 5.73 Å². The standard InChI is InChI=1S/C15H16BrClN2/c1-10(11-2-5-13(17)6-3-11)14(8-18)15-7-4-12(16)9-19-15/h2-7,9-10,14H,8,18H2,1H3. The molecule has 0 radical (unpaired) electrons. The Morgan fingerprint density at radius 3 is 2.42 bits per heavy atom. The Bertz CT molecular complexity index is 525. The number of nitrogens with zero attached hydrogens (tertiary/aromatic N) is 1. The molecule has 100 valence electrons. The topological polar surface area (TPSA) is 38.9 Å². The average molecular weight is 340 g/mol. The molecule has 0 aliphatic rings. The molecule has 0 saturated carbocycles. The van der Waals surface area contributed by atoms with E-state index in [9.17, 15) is 0 Å². The van der Waals surface area contributed by atoms with Gasteiger partial charge in [-0.05, 0) is 51.7 Å². The molecular formula is C15H16BrClN2. The maximum Gasteiger partial charge on any atom is 0.0454 e. The molecule has 2 atom stereocenters. The molecule has 2 nitrogen and oxygen atoms in total. The lowest BCUT2D eigenvalue weighted by Gasteiger charge is -2.22. The molecule has 4 heteroatoms. The summed E-state index contributed by atoms with van der Waals surface area (Å²) in [6.45, 7) is 2.74. The smallest absolute Gasteiger partial charge is 0.0454 e. The van der Waals surface area contributed by atoms with Crippen LogP contribution in [0.15, 0.2) is 47.1 Å². The predicted molar refractivity (Wildman–Crippen MR) is 83.6 cm³/mol. The van der Waals surface area contributed by atoms with Gasteiger partial charge in [0.2, 0.25) is 0 Å². The first kappa shape index (κ1) is 14.5. The van der Waals surface area contributed by atoms with Gasteiger partial charge in [0.25, 0.3) is 0 Å². The van der Waals surface area contributed by atoms with E-state index in [2.05, 4.69) is 40.0 Å². The van der Waals surface area contributed by atoms with Crippen molar-refractivity contribution in [3.8, 4) is 0 Å². The lowest BCUT2D eigenvalue weighted by atomic mass is 9.85. The summed E-state index contributed by atoms with van der Waals surface area (Å²) in [5.74, 6) is 0.505. The van der Waals surface area contributed by atoms with Gasteiger partial charge in [-0.2, -0.15) is 0 Å². The molecule has 0 bridgehead atoms. The highest BCUT2D eigenvalue weighted by molar-refractivity contribution is 9.10. The van der Waals surface area contributed by atoms with E-state index in [1.807, 2.05) is 30.5 Å². The molecule has 0 amide bonds. The van der Waals surface area contributed by atoms with E-state index < -0.39 is 0 Å². The Labute approximate surface area is 127 Å². The average Bonchev–Trinajstić information content (AvgIpc) is 2.42. The molecule has 19 heavy (non-hydrogen) atoms. The molecule has 1 heterocycles. The number of aromatic nitrogens is 1. The summed E-state index contributed by atoms with van der Waals surface area (Å²) in [6.07, 6.45) is 1.81. The fourth-order valence-electron chi connectivity index (χ4n) is 2.19. The van der Waals surface area contributed by atoms with Crippen molar-refractivity contribution in [3.05, 3.63) is 63.3 Å². The van der Waals surface area contributed by atoms with Crippen LogP contribution in [0.2, 0.25) is 5.02 Å². The van der Waals surface area contributed by atoms with Gasteiger partial charge in [-0.25, -0.2) is 0 Å². The van der Waals surface area contributed by atoms with Gasteiger partial charge >= 0.3 is 0 Å². The van der Waals surface area contributed by atoms with Crippen LogP contribution in [0.1, 0.15) is 30.0 Å². The lowest BCUT2D eigenvalue weighted by molar-refractivity contribution is 0.570. The molecule has 2 aromatic rings. The van der Waals surface area contributed by atoms with Crippen molar-refractivity contribution in [2.45, 2.75) is 18.8 Å². The largest absolute Gasteiger partial charge is 0.330 e. The van der Waals surface area contributed by atoms with Gasteiger partial charge in [0, 0.05) is 33.8 Å². The van der Waals surface area contributed by atoms with Crippen molar-refractivity contribution in [2.75, 3.05) is 6.54 Å². The maximum atomic E-state index is 5.93. The summed E-state index contributed by atoms with van der Waals surface area (Å²) < 4.78 is 0.978. The molecule has 1 aromatic heterocycles. The number of pyridine rings is 1. The number of benzene rings is 1. The van der Waals surface area contributed by atoms with Crippen molar-refractivity contribution in [1.29, 1.82) is 0 Å². The van der Waals surface area contributed by atoms with Gasteiger partial charge in [0.05, 0.1) is 0 Å². The second-order valence-electron chi connectivity index (χ2n) is 4.58. The monoisotopic (exact) mass is 338 g/mol. The van der Waals surface area contributed by atoms with E-state index >= 15 is 0 Å². The zero-order valence-corrected chi connectivity index (χ0v) is 13.0. The molecule has 2 rings (SSSR count). The zero-order chi connectivity index (χ0) is 13.8. The van der Waals surface area contributed by atoms with Gasteiger partial charge in [-0.15, -0.1) is 0 Å². The minimum absolute atomic E-state index is 0.203. The molecule has 0 aliphatic carbocycles. The fourth-order valence-corrected chi connectivity index (χ4v) is 2.55. The minimum atomic E-state index is 0.203. The first-order valence-corrected chi connectivity index (χ1v) is 7.36. The highest BCUT2D eigenvalue weighted by Gasteiger charge is 2.20. The summed E-state index contributed by atoms with van der Waals surface area (Å²) in [5, 5.41) is 0.752. The highest BCUT2D eigenvalue weighted by Crippen LogP contribution is 2.31. The van der Waals surface area contributed by atoms with Crippen LogP contribution in [-0.4, -0.2) is 11.5 Å². The Morgan fingerprint density at radius 1 is 1.21 bits per heavy atom. The lowest BCUT2D eigenvalue weighted by Crippen LogP contribution is -2.19. The number of rotatable bonds is 4. The van der Waals surface area contributed by atoms with Crippen LogP contribution in [0, 0.1) is 0 Å². The summed E-state index contributed by atoms with van der Waals surface area (Å²) in [4.78, 5) is 4.46. The maximum absolute atomic E-state index is 5.93. The third-order valence-electron chi connectivity index (χ3n) is 3.38. The molecule has 2 unspecified atom stereocenters. The Kier molecular flexibility index (Phi) is 4.97. The molecule has 0 spiro atoms. The fraction of sp³-hybridized carbons (Fsp3) is 0.267. The van der Waals surface area contributed by atoms with Crippen LogP contribution in [0.5, 0.6) is 0 Å². The molecule has 2 N–H and O–H groups in total. The second kappa shape index (κ2) is 6.51. The Balaban J connectivity index is 2.26. The van der Waals surface area contributed by atoms with Crippen LogP contribution in [0.3, 0.4) is 0 Å². The van der Waals surface area contributed by atoms with Crippen LogP contribution in [0.25, 0.3) is 0 Å². The number of nitrogens with two attached hydrogens (primary N) is 1. The minimum Gasteiger partial charge on any atom is -0.330 e. The number of hydrogen-bond acceptors (Lipinski definition) is 2. The third-order valence-corrected chi connectivity index (χ3v) is 4.10. The molecule has 0 fully saturated rings. The van der Waals surface area contributed by atoms with Crippen LogP contribution in [-0.2, 0) is 0 Å². The van der Waals surface area contributed by atoms with Crippen molar-refractivity contribution in [3.63, 3.8) is 0 Å². The second-order valence-corrected chi connectivity index (χ2v) is 5.94. The molecule has 0 saturated heterocycles. The van der Waals surface area contributed by atoms with E-state index in [0.29, 0.717) is 12.5 Å². The molecule has 1 aromatic carbocycles. The van der Waals surface area contributed by atoms with E-state index in [1.165, 1.54) is 5.56 Å². The van der Waals surface area contributed by atoms with E-state index in [1.54, 1.807) is 0 Å². The normalized spacial score (nSPS) is 14.1. The third kappa shape index (κ3) is 3.56. The summed E-state index contributed by atoms with van der Waals surface area (Å²) >= 11 is 9.32. The first-order chi connectivity index (χ1) is 9.11. The van der Waals surface area contributed by atoms with Gasteiger partial charge in [-0.3, -0.25) is 4.98 Å². The van der Waals surface area contributed by atoms with E-state index in [-0.39, 0.29) is 5.92 Å². The summed E-state index contributed by atoms with van der Waals surface area (Å²) in [6, 6.07) is 11.9. The molecule has 0 aliphatic heterocycles. The van der Waals surface area contributed by atoms with Crippen LogP contribution >= 0.6 is 27.5 Å². The first-order valence-electron chi connectivity index (χ1n) is 6.19. The van der Waals surface area contributed by atoms with Crippen LogP contribution in [0.4, 0.5) is 0 Å². The van der Waals surface area contributed by atoms with Gasteiger partial charge in [0.15, 0.2) is 0 Å². The highest BCUT2D eigenvalue weighted by atomic mass is 79.9. The van der Waals surface area contributed by atoms with Gasteiger partial charge < -0.3 is 5.73 Å². The number of halogens is 2. The Morgan fingerprint density at radius 2 is 1.89 bits per heavy atom. The van der Waals surface area contributed by atoms with Gasteiger partial charge in [0.1, 0.15) is 0 Å². The SMILES string of the molecule is CC(c1ccc(Cl)cc1)C(CN)c1ccc(Br)cn1. The van der Waals surface area contributed by atoms with Crippen molar-refractivity contribution >= 4 is 27.5 Å². The van der Waals surface area contributed by atoms with E-state index in [0.717, 1.165) is 15.2 Å². The number of hydrogen-bond donors (Lipinski definition) is 1. The zero-order valence-electron chi connectivity index (χ0n) is 10.7. The van der Waals surface area contributed by atoms with Crippen molar-refractivity contribution in [1.82, 2.24) is 4.98 Å². The van der Waals surface area contributed by atoms with E-state index in [4.69, 9.17) is 17.3 Å². The predicted octanol–water partition coefficient (Wildman–Crippen LogP) is 4.34. The van der Waals surface area contributed by atoms with Crippen molar-refractivity contribution < 1.29 is 0 Å². The summed E-state index contributed by atoms with van der Waals surface area (Å²) in [5.41, 5.74) is 8.18.